The van der Waals surface area contributed by atoms with Gasteiger partial charge in [0, 0.05) is 11.6 Å². The Bertz CT molecular complexity index is 672. The molecule has 0 spiro atoms. The largest absolute Gasteiger partial charge is 0.423 e. The number of aromatic nitrogens is 2. The monoisotopic (exact) mass is 323 g/mol. The third kappa shape index (κ3) is 3.62. The fraction of sp³-hybridized carbons (Fsp3) is 0.214. The Morgan fingerprint density at radius 3 is 2.57 bits per heavy atom. The van der Waals surface area contributed by atoms with Gasteiger partial charge in [-0.15, -0.1) is 0 Å². The second-order valence-corrected chi connectivity index (χ2v) is 5.54. The molecule has 1 saturated carbocycles. The molecule has 1 heterocycles. The van der Waals surface area contributed by atoms with E-state index in [1.165, 1.54) is 12.4 Å². The number of benzene rings is 1. The highest BCUT2D eigenvalue weighted by molar-refractivity contribution is 6.32. The van der Waals surface area contributed by atoms with Gasteiger partial charge in [0.25, 0.3) is 0 Å². The van der Waals surface area contributed by atoms with Crippen LogP contribution in [0.2, 0.25) is 10.0 Å². The molecule has 0 aliphatic heterocycles. The molecule has 108 valence electrons. The van der Waals surface area contributed by atoms with E-state index in [4.69, 9.17) is 27.9 Å². The smallest absolute Gasteiger partial charge is 0.322 e. The number of anilines is 1. The zero-order chi connectivity index (χ0) is 14.8. The lowest BCUT2D eigenvalue weighted by Crippen LogP contribution is -2.13. The average Bonchev–Trinajstić information content (AvgIpc) is 3.29. The summed E-state index contributed by atoms with van der Waals surface area (Å²) in [7, 11) is 0. The van der Waals surface area contributed by atoms with Gasteiger partial charge < -0.3 is 10.1 Å². The van der Waals surface area contributed by atoms with Crippen molar-refractivity contribution in [3.8, 4) is 11.8 Å². The van der Waals surface area contributed by atoms with Crippen LogP contribution in [0.25, 0.3) is 0 Å². The van der Waals surface area contributed by atoms with Gasteiger partial charge in [-0.05, 0) is 31.0 Å². The van der Waals surface area contributed by atoms with E-state index in [1.807, 2.05) is 0 Å². The molecular weight excluding hydrogens is 313 g/mol. The Kier molecular flexibility index (Phi) is 3.94. The third-order valence-electron chi connectivity index (χ3n) is 2.95. The number of carbonyl (C=O) groups is 1. The van der Waals surface area contributed by atoms with Crippen LogP contribution in [0, 0.1) is 5.92 Å². The molecule has 3 rings (SSSR count). The maximum absolute atomic E-state index is 11.7. The number of carbonyl (C=O) groups excluding carboxylic acids is 1. The summed E-state index contributed by atoms with van der Waals surface area (Å²) in [6, 6.07) is 5.16. The van der Waals surface area contributed by atoms with E-state index in [9.17, 15) is 4.79 Å². The number of hydrogen-bond donors (Lipinski definition) is 1. The van der Waals surface area contributed by atoms with Gasteiger partial charge in [-0.3, -0.25) is 4.79 Å². The molecule has 7 heteroatoms. The normalized spacial score (nSPS) is 13.8. The molecule has 0 saturated heterocycles. The van der Waals surface area contributed by atoms with Gasteiger partial charge in [-0.1, -0.05) is 23.2 Å². The van der Waals surface area contributed by atoms with Crippen LogP contribution >= 0.6 is 23.2 Å². The van der Waals surface area contributed by atoms with Gasteiger partial charge in [0.15, 0.2) is 0 Å². The SMILES string of the molecule is O=C(Nc1ccc(Oc2ncc(Cl)cn2)c(Cl)c1)C1CC1. The van der Waals surface area contributed by atoms with E-state index < -0.39 is 0 Å². The number of nitrogens with one attached hydrogen (secondary N) is 1. The molecule has 1 fully saturated rings. The molecule has 5 nitrogen and oxygen atoms in total. The molecule has 2 aromatic rings. The van der Waals surface area contributed by atoms with Crippen molar-refractivity contribution < 1.29 is 9.53 Å². The number of halogens is 2. The van der Waals surface area contributed by atoms with Gasteiger partial charge in [-0.25, -0.2) is 9.97 Å². The van der Waals surface area contributed by atoms with Crippen LogP contribution in [-0.2, 0) is 4.79 Å². The Balaban J connectivity index is 1.71. The van der Waals surface area contributed by atoms with Crippen molar-refractivity contribution >= 4 is 34.8 Å². The summed E-state index contributed by atoms with van der Waals surface area (Å²) < 4.78 is 5.46. The minimum absolute atomic E-state index is 0.0285. The first-order valence-electron chi connectivity index (χ1n) is 6.37. The summed E-state index contributed by atoms with van der Waals surface area (Å²) in [5, 5.41) is 3.60. The molecule has 1 aromatic carbocycles. The molecule has 1 aliphatic carbocycles. The van der Waals surface area contributed by atoms with E-state index >= 15 is 0 Å². The van der Waals surface area contributed by atoms with Crippen molar-refractivity contribution in [3.05, 3.63) is 40.6 Å². The number of rotatable bonds is 4. The molecular formula is C14H11Cl2N3O2. The minimum Gasteiger partial charge on any atom is -0.423 e. The number of nitrogens with zero attached hydrogens (tertiary/aromatic N) is 2. The van der Waals surface area contributed by atoms with E-state index in [0.717, 1.165) is 12.8 Å². The van der Waals surface area contributed by atoms with Crippen molar-refractivity contribution in [2.45, 2.75) is 12.8 Å². The van der Waals surface area contributed by atoms with Gasteiger partial charge in [0.05, 0.1) is 22.4 Å². The second-order valence-electron chi connectivity index (χ2n) is 4.69. The summed E-state index contributed by atoms with van der Waals surface area (Å²) in [4.78, 5) is 19.5. The summed E-state index contributed by atoms with van der Waals surface area (Å²) in [6.45, 7) is 0. The lowest BCUT2D eigenvalue weighted by atomic mass is 10.3. The van der Waals surface area contributed by atoms with Crippen LogP contribution in [0.4, 0.5) is 5.69 Å². The standard InChI is InChI=1S/C14H11Cl2N3O2/c15-9-6-17-14(18-7-9)21-12-4-3-10(5-11(12)16)19-13(20)8-1-2-8/h3-8H,1-2H2,(H,19,20). The fourth-order valence-electron chi connectivity index (χ4n) is 1.70. The molecule has 1 amide bonds. The van der Waals surface area contributed by atoms with E-state index in [-0.39, 0.29) is 17.8 Å². The number of amides is 1. The quantitative estimate of drug-likeness (QED) is 0.926. The topological polar surface area (TPSA) is 64.1 Å². The molecule has 0 unspecified atom stereocenters. The van der Waals surface area contributed by atoms with Crippen LogP contribution in [0.5, 0.6) is 11.8 Å². The predicted molar refractivity (Wildman–Crippen MR) is 79.9 cm³/mol. The Hall–Kier alpha value is -1.85. The van der Waals surface area contributed by atoms with Crippen LogP contribution in [-0.4, -0.2) is 15.9 Å². The summed E-state index contributed by atoms with van der Waals surface area (Å²) in [5.74, 6) is 0.575. The van der Waals surface area contributed by atoms with Crippen LogP contribution in [0.1, 0.15) is 12.8 Å². The number of ether oxygens (including phenoxy) is 1. The zero-order valence-corrected chi connectivity index (χ0v) is 12.4. The van der Waals surface area contributed by atoms with Crippen molar-refractivity contribution in [2.24, 2.45) is 5.92 Å². The third-order valence-corrected chi connectivity index (χ3v) is 3.44. The maximum atomic E-state index is 11.7. The lowest BCUT2D eigenvalue weighted by Gasteiger charge is -2.08. The van der Waals surface area contributed by atoms with Gasteiger partial charge in [0.1, 0.15) is 5.75 Å². The molecule has 0 radical (unpaired) electrons. The summed E-state index contributed by atoms with van der Waals surface area (Å²) in [5.41, 5.74) is 0.640. The first-order chi connectivity index (χ1) is 10.1. The highest BCUT2D eigenvalue weighted by Gasteiger charge is 2.29. The second kappa shape index (κ2) is 5.87. The first-order valence-corrected chi connectivity index (χ1v) is 7.13. The minimum atomic E-state index is 0.0285. The highest BCUT2D eigenvalue weighted by atomic mass is 35.5. The first kappa shape index (κ1) is 14.1. The van der Waals surface area contributed by atoms with Crippen molar-refractivity contribution in [3.63, 3.8) is 0 Å². The van der Waals surface area contributed by atoms with Gasteiger partial charge >= 0.3 is 6.01 Å². The van der Waals surface area contributed by atoms with Crippen LogP contribution in [0.3, 0.4) is 0 Å². The molecule has 1 N–H and O–H groups in total. The van der Waals surface area contributed by atoms with Gasteiger partial charge in [0.2, 0.25) is 5.91 Å². The Morgan fingerprint density at radius 1 is 1.24 bits per heavy atom. The van der Waals surface area contributed by atoms with Crippen molar-refractivity contribution in [2.75, 3.05) is 5.32 Å². The van der Waals surface area contributed by atoms with E-state index in [0.29, 0.717) is 21.5 Å². The van der Waals surface area contributed by atoms with E-state index in [1.54, 1.807) is 18.2 Å². The highest BCUT2D eigenvalue weighted by Crippen LogP contribution is 2.33. The fourth-order valence-corrected chi connectivity index (χ4v) is 2.02. The molecule has 1 aliphatic rings. The van der Waals surface area contributed by atoms with Crippen LogP contribution < -0.4 is 10.1 Å². The Labute approximate surface area is 131 Å². The molecule has 21 heavy (non-hydrogen) atoms. The molecule has 0 bridgehead atoms. The zero-order valence-electron chi connectivity index (χ0n) is 10.8. The maximum Gasteiger partial charge on any atom is 0.322 e. The van der Waals surface area contributed by atoms with E-state index in [2.05, 4.69) is 15.3 Å². The number of hydrogen-bond acceptors (Lipinski definition) is 4. The molecule has 0 atom stereocenters. The van der Waals surface area contributed by atoms with Crippen molar-refractivity contribution in [1.29, 1.82) is 0 Å². The predicted octanol–water partition coefficient (Wildman–Crippen LogP) is 3.92. The summed E-state index contributed by atoms with van der Waals surface area (Å²) in [6.07, 6.45) is 4.77. The Morgan fingerprint density at radius 2 is 1.95 bits per heavy atom. The van der Waals surface area contributed by atoms with Crippen LogP contribution in [0.15, 0.2) is 30.6 Å². The van der Waals surface area contributed by atoms with Gasteiger partial charge in [-0.2, -0.15) is 0 Å². The molecule has 1 aromatic heterocycles. The summed E-state index contributed by atoms with van der Waals surface area (Å²) >= 11 is 11.8. The average molecular weight is 324 g/mol. The van der Waals surface area contributed by atoms with Crippen molar-refractivity contribution in [1.82, 2.24) is 9.97 Å². The lowest BCUT2D eigenvalue weighted by molar-refractivity contribution is -0.117.